The molecule has 3 aromatic carbocycles. The number of halogens is 3. The number of benzene rings is 3. The highest BCUT2D eigenvalue weighted by molar-refractivity contribution is 8.18. The number of rotatable bonds is 9. The molecule has 40 heavy (non-hydrogen) atoms. The number of amidine groups is 1. The number of hydrogen-bond acceptors (Lipinski definition) is 8. The zero-order chi connectivity index (χ0) is 28.9. The predicted octanol–water partition coefficient (Wildman–Crippen LogP) is 6.66. The number of nitrogens with zero attached hydrogens (tertiary/aromatic N) is 3. The molecule has 1 aliphatic rings. The molecular formula is C27H22F3N3O6S. The van der Waals surface area contributed by atoms with Crippen LogP contribution in [0.4, 0.5) is 24.5 Å². The normalized spacial score (nSPS) is 15.6. The summed E-state index contributed by atoms with van der Waals surface area (Å²) in [5.41, 5.74) is -0.698. The second-order valence-corrected chi connectivity index (χ2v) is 9.27. The molecule has 9 nitrogen and oxygen atoms in total. The SMILES string of the molecule is COCCN1C(=O)/C(=C/c2ccc(Oc3ccc(C(F)(F)F)cc3[N+](=O)[O-])cc2)SC1=Nc1ccc(OC)cc1. The molecule has 0 saturated carbocycles. The quantitative estimate of drug-likeness (QED) is 0.160. The van der Waals surface area contributed by atoms with E-state index in [-0.39, 0.29) is 17.4 Å². The third-order valence-corrected chi connectivity index (χ3v) is 6.60. The minimum Gasteiger partial charge on any atom is -0.497 e. The number of aliphatic imine (C=N–C) groups is 1. The van der Waals surface area contributed by atoms with E-state index >= 15 is 0 Å². The van der Waals surface area contributed by atoms with E-state index in [0.29, 0.717) is 52.4 Å². The van der Waals surface area contributed by atoms with Gasteiger partial charge in [-0.05, 0) is 71.9 Å². The Kier molecular flexibility index (Phi) is 8.75. The number of hydrogen-bond donors (Lipinski definition) is 0. The van der Waals surface area contributed by atoms with E-state index in [1.54, 1.807) is 49.6 Å². The molecule has 0 aliphatic carbocycles. The summed E-state index contributed by atoms with van der Waals surface area (Å²) in [6, 6.07) is 15.3. The van der Waals surface area contributed by atoms with Crippen LogP contribution in [-0.2, 0) is 15.7 Å². The van der Waals surface area contributed by atoms with Crippen molar-refractivity contribution >= 4 is 40.3 Å². The summed E-state index contributed by atoms with van der Waals surface area (Å²) in [5.74, 6) is 0.254. The molecule has 0 atom stereocenters. The van der Waals surface area contributed by atoms with Gasteiger partial charge in [0, 0.05) is 13.2 Å². The van der Waals surface area contributed by atoms with E-state index < -0.39 is 22.4 Å². The molecule has 1 heterocycles. The summed E-state index contributed by atoms with van der Waals surface area (Å²) in [5, 5.41) is 11.8. The Morgan fingerprint density at radius 3 is 2.30 bits per heavy atom. The third-order valence-electron chi connectivity index (χ3n) is 5.59. The first kappa shape index (κ1) is 28.6. The van der Waals surface area contributed by atoms with Crippen molar-refractivity contribution in [1.29, 1.82) is 0 Å². The van der Waals surface area contributed by atoms with Crippen LogP contribution in [0, 0.1) is 10.1 Å². The minimum absolute atomic E-state index is 0.166. The fourth-order valence-corrected chi connectivity index (χ4v) is 4.60. The first-order valence-electron chi connectivity index (χ1n) is 11.7. The zero-order valence-electron chi connectivity index (χ0n) is 21.2. The number of thioether (sulfide) groups is 1. The second-order valence-electron chi connectivity index (χ2n) is 8.26. The largest absolute Gasteiger partial charge is 0.497 e. The van der Waals surface area contributed by atoms with Crippen LogP contribution < -0.4 is 9.47 Å². The van der Waals surface area contributed by atoms with Gasteiger partial charge in [-0.15, -0.1) is 0 Å². The number of carbonyl (C=O) groups excluding carboxylic acids is 1. The van der Waals surface area contributed by atoms with Gasteiger partial charge >= 0.3 is 11.9 Å². The van der Waals surface area contributed by atoms with Crippen LogP contribution in [0.15, 0.2) is 76.6 Å². The van der Waals surface area contributed by atoms with E-state index in [4.69, 9.17) is 14.2 Å². The van der Waals surface area contributed by atoms with Gasteiger partial charge in [-0.25, -0.2) is 4.99 Å². The van der Waals surface area contributed by atoms with E-state index in [2.05, 4.69) is 4.99 Å². The number of nitro groups is 1. The van der Waals surface area contributed by atoms with Crippen molar-refractivity contribution in [1.82, 2.24) is 4.90 Å². The fraction of sp³-hybridized carbons (Fsp3) is 0.185. The fourth-order valence-electron chi connectivity index (χ4n) is 3.57. The van der Waals surface area contributed by atoms with E-state index in [1.807, 2.05) is 0 Å². The highest BCUT2D eigenvalue weighted by Crippen LogP contribution is 2.38. The maximum atomic E-state index is 13.1. The Hall–Kier alpha value is -4.36. The van der Waals surface area contributed by atoms with E-state index in [0.717, 1.165) is 6.07 Å². The van der Waals surface area contributed by atoms with Crippen LogP contribution in [0.1, 0.15) is 11.1 Å². The molecule has 13 heteroatoms. The van der Waals surface area contributed by atoms with Crippen molar-refractivity contribution in [2.75, 3.05) is 27.4 Å². The summed E-state index contributed by atoms with van der Waals surface area (Å²) in [7, 11) is 3.10. The first-order chi connectivity index (χ1) is 19.1. The zero-order valence-corrected chi connectivity index (χ0v) is 22.0. The Bertz CT molecular complexity index is 1460. The number of amides is 1. The van der Waals surface area contributed by atoms with Crippen LogP contribution >= 0.6 is 11.8 Å². The maximum absolute atomic E-state index is 13.1. The molecule has 3 aromatic rings. The van der Waals surface area contributed by atoms with Gasteiger partial charge in [-0.3, -0.25) is 19.8 Å². The van der Waals surface area contributed by atoms with Crippen LogP contribution in [0.5, 0.6) is 17.2 Å². The van der Waals surface area contributed by atoms with Crippen molar-refractivity contribution in [3.05, 3.63) is 92.9 Å². The number of carbonyl (C=O) groups is 1. The molecule has 0 radical (unpaired) electrons. The van der Waals surface area contributed by atoms with Crippen LogP contribution in [0.25, 0.3) is 6.08 Å². The molecule has 0 bridgehead atoms. The highest BCUT2D eigenvalue weighted by Gasteiger charge is 2.34. The monoisotopic (exact) mass is 573 g/mol. The standard InChI is InChI=1S/C27H22F3N3O6S/c1-37-14-13-32-25(34)24(40-26(32)31-19-6-10-20(38-2)11-7-19)15-17-3-8-21(9-4-17)39-23-12-5-18(27(28,29)30)16-22(23)33(35)36/h3-12,15-16H,13-14H2,1-2H3/b24-15-,31-26?. The minimum atomic E-state index is -4.73. The molecule has 0 spiro atoms. The van der Waals surface area contributed by atoms with Gasteiger partial charge in [0.05, 0.1) is 41.3 Å². The lowest BCUT2D eigenvalue weighted by Gasteiger charge is -2.14. The predicted molar refractivity (Wildman–Crippen MR) is 144 cm³/mol. The third kappa shape index (κ3) is 6.79. The van der Waals surface area contributed by atoms with E-state index in [1.165, 1.54) is 35.9 Å². The lowest BCUT2D eigenvalue weighted by atomic mass is 10.1. The molecule has 0 N–H and O–H groups in total. The summed E-state index contributed by atoms with van der Waals surface area (Å²) in [4.78, 5) is 30.1. The Balaban J connectivity index is 1.55. The van der Waals surface area contributed by atoms with Gasteiger partial charge in [-0.1, -0.05) is 12.1 Å². The average Bonchev–Trinajstić information content (AvgIpc) is 3.21. The molecule has 208 valence electrons. The molecule has 1 aliphatic heterocycles. The van der Waals surface area contributed by atoms with Gasteiger partial charge in [0.25, 0.3) is 5.91 Å². The summed E-state index contributed by atoms with van der Waals surface area (Å²) in [6.07, 6.45) is -3.07. The van der Waals surface area contributed by atoms with Gasteiger partial charge in [0.2, 0.25) is 5.75 Å². The van der Waals surface area contributed by atoms with Gasteiger partial charge in [0.1, 0.15) is 11.5 Å². The van der Waals surface area contributed by atoms with Gasteiger partial charge in [-0.2, -0.15) is 13.2 Å². The van der Waals surface area contributed by atoms with E-state index in [9.17, 15) is 28.1 Å². The van der Waals surface area contributed by atoms with Crippen LogP contribution in [0.3, 0.4) is 0 Å². The molecular weight excluding hydrogens is 551 g/mol. The Morgan fingerprint density at radius 2 is 1.70 bits per heavy atom. The molecule has 1 fully saturated rings. The van der Waals surface area contributed by atoms with Gasteiger partial charge < -0.3 is 14.2 Å². The second kappa shape index (κ2) is 12.2. The lowest BCUT2D eigenvalue weighted by molar-refractivity contribution is -0.385. The number of ether oxygens (including phenoxy) is 3. The van der Waals surface area contributed by atoms with Crippen molar-refractivity contribution in [2.24, 2.45) is 4.99 Å². The smallest absolute Gasteiger partial charge is 0.416 e. The lowest BCUT2D eigenvalue weighted by Crippen LogP contribution is -2.32. The van der Waals surface area contributed by atoms with Crippen LogP contribution in [-0.4, -0.2) is 48.3 Å². The summed E-state index contributed by atoms with van der Waals surface area (Å²) < 4.78 is 54.7. The number of alkyl halides is 3. The number of methoxy groups -OCH3 is 2. The van der Waals surface area contributed by atoms with Crippen molar-refractivity contribution in [3.63, 3.8) is 0 Å². The van der Waals surface area contributed by atoms with Crippen LogP contribution in [0.2, 0.25) is 0 Å². The van der Waals surface area contributed by atoms with Crippen molar-refractivity contribution in [3.8, 4) is 17.2 Å². The van der Waals surface area contributed by atoms with Gasteiger partial charge in [0.15, 0.2) is 5.17 Å². The molecule has 4 rings (SSSR count). The maximum Gasteiger partial charge on any atom is 0.416 e. The summed E-state index contributed by atoms with van der Waals surface area (Å²) >= 11 is 1.19. The van der Waals surface area contributed by atoms with Crippen molar-refractivity contribution in [2.45, 2.75) is 6.18 Å². The molecule has 0 aromatic heterocycles. The highest BCUT2D eigenvalue weighted by atomic mass is 32.2. The Morgan fingerprint density at radius 1 is 1.02 bits per heavy atom. The topological polar surface area (TPSA) is 104 Å². The molecule has 0 unspecified atom stereocenters. The number of nitro benzene ring substituents is 1. The summed E-state index contributed by atoms with van der Waals surface area (Å²) in [6.45, 7) is 0.608. The van der Waals surface area contributed by atoms with Crippen molar-refractivity contribution < 1.29 is 37.1 Å². The molecule has 1 amide bonds. The average molecular weight is 574 g/mol. The Labute approximate surface area is 231 Å². The molecule has 1 saturated heterocycles. The first-order valence-corrected chi connectivity index (χ1v) is 12.5.